The standard InChI is InChI=1S/C18H19ClN2S/c19-15-7-5-13(6-8-15)11-21-16(10-20)9-14-12-22-18-4-2-1-3-17(14)18/h1-8,12,16,21H,9-11,20H2. The summed E-state index contributed by atoms with van der Waals surface area (Å²) in [4.78, 5) is 0. The lowest BCUT2D eigenvalue weighted by Gasteiger charge is -2.16. The molecule has 1 heterocycles. The minimum atomic E-state index is 0.272. The number of nitrogens with two attached hydrogens (primary N) is 1. The largest absolute Gasteiger partial charge is 0.329 e. The normalized spacial score (nSPS) is 12.6. The zero-order valence-electron chi connectivity index (χ0n) is 12.3. The molecule has 3 aromatic rings. The summed E-state index contributed by atoms with van der Waals surface area (Å²) in [5.41, 5.74) is 8.54. The summed E-state index contributed by atoms with van der Waals surface area (Å²) in [5, 5.41) is 7.91. The lowest BCUT2D eigenvalue weighted by atomic mass is 10.0. The third-order valence-electron chi connectivity index (χ3n) is 3.82. The van der Waals surface area contributed by atoms with Gasteiger partial charge in [-0.1, -0.05) is 41.9 Å². The van der Waals surface area contributed by atoms with Gasteiger partial charge in [-0.15, -0.1) is 11.3 Å². The first-order valence-electron chi connectivity index (χ1n) is 7.39. The van der Waals surface area contributed by atoms with E-state index in [9.17, 15) is 0 Å². The number of thiophene rings is 1. The molecule has 0 aliphatic rings. The molecule has 0 amide bonds. The second-order valence-electron chi connectivity index (χ2n) is 5.40. The highest BCUT2D eigenvalue weighted by molar-refractivity contribution is 7.17. The molecule has 0 saturated carbocycles. The van der Waals surface area contributed by atoms with Gasteiger partial charge in [-0.2, -0.15) is 0 Å². The maximum Gasteiger partial charge on any atom is 0.0406 e. The fourth-order valence-electron chi connectivity index (χ4n) is 2.56. The second-order valence-corrected chi connectivity index (χ2v) is 6.75. The second kappa shape index (κ2) is 7.25. The van der Waals surface area contributed by atoms with Crippen LogP contribution in [0.5, 0.6) is 0 Å². The molecular formula is C18H19ClN2S. The van der Waals surface area contributed by atoms with E-state index in [1.165, 1.54) is 21.2 Å². The minimum absolute atomic E-state index is 0.272. The van der Waals surface area contributed by atoms with Gasteiger partial charge < -0.3 is 11.1 Å². The molecule has 2 aromatic carbocycles. The van der Waals surface area contributed by atoms with Gasteiger partial charge in [-0.25, -0.2) is 0 Å². The molecule has 0 radical (unpaired) electrons. The highest BCUT2D eigenvalue weighted by Crippen LogP contribution is 2.26. The van der Waals surface area contributed by atoms with Crippen molar-refractivity contribution in [3.05, 3.63) is 70.1 Å². The highest BCUT2D eigenvalue weighted by Gasteiger charge is 2.11. The van der Waals surface area contributed by atoms with Crippen molar-refractivity contribution in [2.45, 2.75) is 19.0 Å². The molecule has 0 fully saturated rings. The quantitative estimate of drug-likeness (QED) is 0.710. The molecule has 0 bridgehead atoms. The van der Waals surface area contributed by atoms with E-state index in [0.29, 0.717) is 6.54 Å². The summed E-state index contributed by atoms with van der Waals surface area (Å²) >= 11 is 7.71. The van der Waals surface area contributed by atoms with Crippen molar-refractivity contribution < 1.29 is 0 Å². The lowest BCUT2D eigenvalue weighted by Crippen LogP contribution is -2.37. The molecule has 0 spiro atoms. The summed E-state index contributed by atoms with van der Waals surface area (Å²) in [6.07, 6.45) is 0.952. The van der Waals surface area contributed by atoms with Gasteiger partial charge in [-0.3, -0.25) is 0 Å². The van der Waals surface area contributed by atoms with Gasteiger partial charge in [0.15, 0.2) is 0 Å². The number of rotatable bonds is 6. The van der Waals surface area contributed by atoms with Gasteiger partial charge in [0.2, 0.25) is 0 Å². The van der Waals surface area contributed by atoms with Crippen LogP contribution in [0.15, 0.2) is 53.9 Å². The van der Waals surface area contributed by atoms with Gasteiger partial charge >= 0.3 is 0 Å². The van der Waals surface area contributed by atoms with Gasteiger partial charge in [0, 0.05) is 28.9 Å². The lowest BCUT2D eigenvalue weighted by molar-refractivity contribution is 0.517. The van der Waals surface area contributed by atoms with E-state index in [0.717, 1.165) is 18.0 Å². The van der Waals surface area contributed by atoms with Crippen LogP contribution in [0, 0.1) is 0 Å². The van der Waals surface area contributed by atoms with Crippen molar-refractivity contribution in [2.24, 2.45) is 5.73 Å². The van der Waals surface area contributed by atoms with Gasteiger partial charge in [-0.05, 0) is 46.5 Å². The van der Waals surface area contributed by atoms with E-state index in [2.05, 4.69) is 35.0 Å². The molecule has 1 atom stereocenters. The summed E-state index contributed by atoms with van der Waals surface area (Å²) < 4.78 is 1.34. The Morgan fingerprint density at radius 1 is 1.09 bits per heavy atom. The zero-order chi connectivity index (χ0) is 15.4. The van der Waals surface area contributed by atoms with Gasteiger partial charge in [0.1, 0.15) is 0 Å². The number of nitrogens with one attached hydrogen (secondary N) is 1. The molecule has 1 unspecified atom stereocenters. The van der Waals surface area contributed by atoms with E-state index in [4.69, 9.17) is 17.3 Å². The van der Waals surface area contributed by atoms with Crippen molar-refractivity contribution >= 4 is 33.0 Å². The molecule has 3 rings (SSSR count). The molecule has 4 heteroatoms. The number of fused-ring (bicyclic) bond motifs is 1. The Morgan fingerprint density at radius 2 is 1.86 bits per heavy atom. The van der Waals surface area contributed by atoms with Crippen LogP contribution in [0.4, 0.5) is 0 Å². The van der Waals surface area contributed by atoms with Crippen molar-refractivity contribution in [3.8, 4) is 0 Å². The number of halogens is 1. The summed E-state index contributed by atoms with van der Waals surface area (Å²) in [6.45, 7) is 1.43. The van der Waals surface area contributed by atoms with Crippen LogP contribution < -0.4 is 11.1 Å². The minimum Gasteiger partial charge on any atom is -0.329 e. The summed E-state index contributed by atoms with van der Waals surface area (Å²) in [6, 6.07) is 16.7. The predicted molar refractivity (Wildman–Crippen MR) is 96.7 cm³/mol. The van der Waals surface area contributed by atoms with Crippen LogP contribution >= 0.6 is 22.9 Å². The average Bonchev–Trinajstić information content (AvgIpc) is 2.96. The summed E-state index contributed by atoms with van der Waals surface area (Å²) in [7, 11) is 0. The number of benzene rings is 2. The SMILES string of the molecule is NCC(Cc1csc2ccccc12)NCc1ccc(Cl)cc1. The Morgan fingerprint density at radius 3 is 2.64 bits per heavy atom. The molecule has 114 valence electrons. The predicted octanol–water partition coefficient (Wildman–Crippen LogP) is 4.21. The van der Waals surface area contributed by atoms with Crippen LogP contribution in [-0.2, 0) is 13.0 Å². The first-order chi connectivity index (χ1) is 10.8. The van der Waals surface area contributed by atoms with Crippen LogP contribution in [0.25, 0.3) is 10.1 Å². The van der Waals surface area contributed by atoms with Crippen LogP contribution in [0.1, 0.15) is 11.1 Å². The van der Waals surface area contributed by atoms with Crippen LogP contribution in [-0.4, -0.2) is 12.6 Å². The smallest absolute Gasteiger partial charge is 0.0406 e. The van der Waals surface area contributed by atoms with E-state index < -0.39 is 0 Å². The number of hydrogen-bond acceptors (Lipinski definition) is 3. The Balaban J connectivity index is 1.65. The fraction of sp³-hybridized carbons (Fsp3) is 0.222. The number of hydrogen-bond donors (Lipinski definition) is 2. The molecule has 22 heavy (non-hydrogen) atoms. The Labute approximate surface area is 139 Å². The van der Waals surface area contributed by atoms with Crippen molar-refractivity contribution in [1.29, 1.82) is 0 Å². The van der Waals surface area contributed by atoms with Gasteiger partial charge in [0.25, 0.3) is 0 Å². The van der Waals surface area contributed by atoms with E-state index in [1.807, 2.05) is 24.3 Å². The molecule has 0 saturated heterocycles. The van der Waals surface area contributed by atoms with Crippen molar-refractivity contribution in [1.82, 2.24) is 5.32 Å². The highest BCUT2D eigenvalue weighted by atomic mass is 35.5. The zero-order valence-corrected chi connectivity index (χ0v) is 13.8. The molecule has 0 aliphatic carbocycles. The van der Waals surface area contributed by atoms with E-state index in [1.54, 1.807) is 11.3 Å². The van der Waals surface area contributed by atoms with E-state index in [-0.39, 0.29) is 6.04 Å². The van der Waals surface area contributed by atoms with Gasteiger partial charge in [0.05, 0.1) is 0 Å². The first-order valence-corrected chi connectivity index (χ1v) is 8.65. The molecular weight excluding hydrogens is 312 g/mol. The maximum absolute atomic E-state index is 5.94. The Bertz CT molecular complexity index is 736. The fourth-order valence-corrected chi connectivity index (χ4v) is 3.66. The maximum atomic E-state index is 5.94. The summed E-state index contributed by atoms with van der Waals surface area (Å²) in [5.74, 6) is 0. The Hall–Kier alpha value is -1.39. The average molecular weight is 331 g/mol. The topological polar surface area (TPSA) is 38.0 Å². The van der Waals surface area contributed by atoms with E-state index >= 15 is 0 Å². The monoisotopic (exact) mass is 330 g/mol. The molecule has 0 aliphatic heterocycles. The first kappa shape index (κ1) is 15.5. The van der Waals surface area contributed by atoms with Crippen LogP contribution in [0.2, 0.25) is 5.02 Å². The molecule has 3 N–H and O–H groups in total. The third-order valence-corrected chi connectivity index (χ3v) is 5.08. The molecule has 2 nitrogen and oxygen atoms in total. The van der Waals surface area contributed by atoms with Crippen LogP contribution in [0.3, 0.4) is 0 Å². The molecule has 1 aromatic heterocycles. The van der Waals surface area contributed by atoms with Crippen molar-refractivity contribution in [2.75, 3.05) is 6.54 Å². The van der Waals surface area contributed by atoms with Crippen molar-refractivity contribution in [3.63, 3.8) is 0 Å². The third kappa shape index (κ3) is 3.68. The Kier molecular flexibility index (Phi) is 5.11.